The van der Waals surface area contributed by atoms with Crippen LogP contribution in [0.4, 0.5) is 0 Å². The smallest absolute Gasteiger partial charge is 0.266 e. The number of carbonyl (C=O) groups is 1. The first-order chi connectivity index (χ1) is 15.0. The van der Waals surface area contributed by atoms with Gasteiger partial charge in [0.15, 0.2) is 5.16 Å². The van der Waals surface area contributed by atoms with Gasteiger partial charge < -0.3 is 4.42 Å². The summed E-state index contributed by atoms with van der Waals surface area (Å²) < 4.78 is 6.90. The van der Waals surface area contributed by atoms with E-state index in [0.717, 1.165) is 11.3 Å². The standard InChI is InChI=1S/C23H20N4O3S/c1-15-7-10-17(11-8-15)27-22(29)19-5-3-4-6-20(19)25-23(27)31-14-21(28)26-24-13-18-12-9-16(2)30-18/h3-13H,14H2,1-2H3,(H,26,28)/b24-13+. The fraction of sp³-hybridized carbons (Fsp3) is 0.130. The van der Waals surface area contributed by atoms with Crippen molar-refractivity contribution in [2.45, 2.75) is 19.0 Å². The lowest BCUT2D eigenvalue weighted by molar-refractivity contribution is -0.118. The van der Waals surface area contributed by atoms with Crippen LogP contribution >= 0.6 is 11.8 Å². The van der Waals surface area contributed by atoms with Gasteiger partial charge in [-0.3, -0.25) is 14.2 Å². The number of nitrogens with zero attached hydrogens (tertiary/aromatic N) is 3. The Hall–Kier alpha value is -3.65. The Morgan fingerprint density at radius 2 is 1.90 bits per heavy atom. The molecule has 31 heavy (non-hydrogen) atoms. The van der Waals surface area contributed by atoms with Gasteiger partial charge in [-0.15, -0.1) is 0 Å². The Kier molecular flexibility index (Phi) is 5.99. The van der Waals surface area contributed by atoms with Crippen molar-refractivity contribution < 1.29 is 9.21 Å². The second-order valence-electron chi connectivity index (χ2n) is 6.92. The molecule has 0 aliphatic carbocycles. The number of para-hydroxylation sites is 1. The maximum Gasteiger partial charge on any atom is 0.266 e. The predicted molar refractivity (Wildman–Crippen MR) is 122 cm³/mol. The number of hydrazone groups is 1. The minimum atomic E-state index is -0.317. The number of amides is 1. The summed E-state index contributed by atoms with van der Waals surface area (Å²) in [6.45, 7) is 3.81. The third-order valence-corrected chi connectivity index (χ3v) is 5.45. The van der Waals surface area contributed by atoms with Crippen LogP contribution in [0.3, 0.4) is 0 Å². The number of furan rings is 1. The van der Waals surface area contributed by atoms with Crippen molar-refractivity contribution in [1.29, 1.82) is 0 Å². The average Bonchev–Trinajstić information content (AvgIpc) is 3.18. The minimum absolute atomic E-state index is 0.0468. The zero-order valence-corrected chi connectivity index (χ0v) is 17.8. The molecule has 0 spiro atoms. The summed E-state index contributed by atoms with van der Waals surface area (Å²) in [4.78, 5) is 30.1. The van der Waals surface area contributed by atoms with Crippen molar-refractivity contribution in [3.8, 4) is 5.69 Å². The molecule has 0 radical (unpaired) electrons. The van der Waals surface area contributed by atoms with Gasteiger partial charge in [0.1, 0.15) is 11.5 Å². The molecule has 4 rings (SSSR count). The van der Waals surface area contributed by atoms with Crippen molar-refractivity contribution >= 4 is 34.8 Å². The first kappa shape index (κ1) is 20.6. The Bertz CT molecular complexity index is 1320. The molecule has 0 aliphatic rings. The number of thioether (sulfide) groups is 1. The largest absolute Gasteiger partial charge is 0.460 e. The normalized spacial score (nSPS) is 11.3. The maximum atomic E-state index is 13.2. The molecule has 4 aromatic rings. The summed E-state index contributed by atoms with van der Waals surface area (Å²) in [7, 11) is 0. The monoisotopic (exact) mass is 432 g/mol. The van der Waals surface area contributed by atoms with Crippen molar-refractivity contribution in [1.82, 2.24) is 15.0 Å². The lowest BCUT2D eigenvalue weighted by Gasteiger charge is -2.13. The highest BCUT2D eigenvalue weighted by molar-refractivity contribution is 7.99. The van der Waals surface area contributed by atoms with Crippen molar-refractivity contribution in [3.63, 3.8) is 0 Å². The van der Waals surface area contributed by atoms with Gasteiger partial charge in [-0.25, -0.2) is 10.4 Å². The quantitative estimate of drug-likeness (QED) is 0.216. The zero-order chi connectivity index (χ0) is 21.8. The number of hydrogen-bond donors (Lipinski definition) is 1. The van der Waals surface area contributed by atoms with E-state index in [4.69, 9.17) is 4.42 Å². The highest BCUT2D eigenvalue weighted by Crippen LogP contribution is 2.21. The Morgan fingerprint density at radius 1 is 1.13 bits per heavy atom. The minimum Gasteiger partial charge on any atom is -0.460 e. The second-order valence-corrected chi connectivity index (χ2v) is 7.86. The number of rotatable bonds is 6. The maximum absolute atomic E-state index is 13.2. The van der Waals surface area contributed by atoms with Crippen LogP contribution in [0.5, 0.6) is 0 Å². The Morgan fingerprint density at radius 3 is 2.65 bits per heavy atom. The topological polar surface area (TPSA) is 89.5 Å². The Balaban J connectivity index is 1.58. The summed E-state index contributed by atoms with van der Waals surface area (Å²) in [6, 6.07) is 18.4. The highest BCUT2D eigenvalue weighted by Gasteiger charge is 2.14. The molecule has 7 nitrogen and oxygen atoms in total. The number of carbonyl (C=O) groups excluding carboxylic acids is 1. The van der Waals surface area contributed by atoms with Gasteiger partial charge in [-0.2, -0.15) is 5.10 Å². The molecule has 2 heterocycles. The molecule has 1 amide bonds. The summed E-state index contributed by atoms with van der Waals surface area (Å²) in [5, 5.41) is 4.87. The van der Waals surface area contributed by atoms with E-state index in [1.807, 2.05) is 56.3 Å². The van der Waals surface area contributed by atoms with Crippen LogP contribution in [0.15, 0.2) is 80.1 Å². The second kappa shape index (κ2) is 9.01. The fourth-order valence-electron chi connectivity index (χ4n) is 2.98. The fourth-order valence-corrected chi connectivity index (χ4v) is 3.79. The molecule has 0 fully saturated rings. The van der Waals surface area contributed by atoms with Gasteiger partial charge >= 0.3 is 0 Å². The van der Waals surface area contributed by atoms with Crippen molar-refractivity contribution in [2.75, 3.05) is 5.75 Å². The van der Waals surface area contributed by atoms with Gasteiger partial charge in [0.25, 0.3) is 11.5 Å². The summed E-state index contributed by atoms with van der Waals surface area (Å²) >= 11 is 1.18. The van der Waals surface area contributed by atoms with Crippen LogP contribution in [0.25, 0.3) is 16.6 Å². The predicted octanol–water partition coefficient (Wildman–Crippen LogP) is 3.84. The van der Waals surface area contributed by atoms with Crippen LogP contribution in [-0.4, -0.2) is 27.4 Å². The first-order valence-corrected chi connectivity index (χ1v) is 10.6. The summed E-state index contributed by atoms with van der Waals surface area (Å²) in [6.07, 6.45) is 1.44. The highest BCUT2D eigenvalue weighted by atomic mass is 32.2. The molecule has 0 saturated carbocycles. The molecular formula is C23H20N4O3S. The molecule has 0 bridgehead atoms. The van der Waals surface area contributed by atoms with E-state index in [-0.39, 0.29) is 17.2 Å². The van der Waals surface area contributed by atoms with Crippen LogP contribution in [0.2, 0.25) is 0 Å². The van der Waals surface area contributed by atoms with Crippen LogP contribution in [0, 0.1) is 13.8 Å². The SMILES string of the molecule is Cc1ccc(-n2c(SCC(=O)N/N=C/c3ccc(C)o3)nc3ccccc3c2=O)cc1. The molecule has 0 aliphatic heterocycles. The number of benzene rings is 2. The summed E-state index contributed by atoms with van der Waals surface area (Å²) in [5.41, 5.74) is 4.66. The molecule has 2 aromatic heterocycles. The molecule has 2 aromatic carbocycles. The number of aryl methyl sites for hydroxylation is 2. The lowest BCUT2D eigenvalue weighted by atomic mass is 10.2. The Labute approximate surface area is 182 Å². The van der Waals surface area contributed by atoms with Gasteiger partial charge in [-0.05, 0) is 50.2 Å². The number of hydrogen-bond acceptors (Lipinski definition) is 6. The number of nitrogens with one attached hydrogen (secondary N) is 1. The third kappa shape index (κ3) is 4.75. The lowest BCUT2D eigenvalue weighted by Crippen LogP contribution is -2.24. The number of fused-ring (bicyclic) bond motifs is 1. The van der Waals surface area contributed by atoms with E-state index in [1.54, 1.807) is 18.2 Å². The van der Waals surface area contributed by atoms with Crippen molar-refractivity contribution in [3.05, 3.63) is 88.1 Å². The van der Waals surface area contributed by atoms with E-state index in [1.165, 1.54) is 22.5 Å². The van der Waals surface area contributed by atoms with E-state index in [0.29, 0.717) is 27.5 Å². The molecular weight excluding hydrogens is 412 g/mol. The van der Waals surface area contributed by atoms with Crippen LogP contribution in [-0.2, 0) is 4.79 Å². The van der Waals surface area contributed by atoms with Gasteiger partial charge in [0.2, 0.25) is 0 Å². The summed E-state index contributed by atoms with van der Waals surface area (Å²) in [5.74, 6) is 1.04. The molecule has 156 valence electrons. The van der Waals surface area contributed by atoms with E-state index in [9.17, 15) is 9.59 Å². The number of aromatic nitrogens is 2. The van der Waals surface area contributed by atoms with E-state index in [2.05, 4.69) is 15.5 Å². The zero-order valence-electron chi connectivity index (χ0n) is 17.0. The van der Waals surface area contributed by atoms with Crippen molar-refractivity contribution in [2.24, 2.45) is 5.10 Å². The average molecular weight is 433 g/mol. The third-order valence-electron chi connectivity index (χ3n) is 4.51. The van der Waals surface area contributed by atoms with Gasteiger partial charge in [-0.1, -0.05) is 41.6 Å². The molecule has 1 N–H and O–H groups in total. The van der Waals surface area contributed by atoms with E-state index >= 15 is 0 Å². The molecule has 0 saturated heterocycles. The molecule has 0 unspecified atom stereocenters. The molecule has 0 atom stereocenters. The van der Waals surface area contributed by atoms with E-state index < -0.39 is 0 Å². The van der Waals surface area contributed by atoms with Crippen LogP contribution < -0.4 is 11.0 Å². The molecule has 8 heteroatoms. The first-order valence-electron chi connectivity index (χ1n) is 9.61. The van der Waals surface area contributed by atoms with Gasteiger partial charge in [0, 0.05) is 0 Å². The van der Waals surface area contributed by atoms with Crippen LogP contribution in [0.1, 0.15) is 17.1 Å². The van der Waals surface area contributed by atoms with Gasteiger partial charge in [0.05, 0.1) is 28.6 Å².